The number of benzene rings is 2. The number of hydrogen-bond donors (Lipinski definition) is 1. The number of halogens is 1. The number of rotatable bonds is 7. The number of unbranched alkanes of at least 4 members (excludes halogenated alkanes) is 1. The average Bonchev–Trinajstić information content (AvgIpc) is 2.68. The third-order valence-corrected chi connectivity index (χ3v) is 6.24. The molecule has 0 unspecified atom stereocenters. The van der Waals surface area contributed by atoms with Crippen LogP contribution in [-0.4, -0.2) is 26.9 Å². The third kappa shape index (κ3) is 3.67. The Hall–Kier alpha value is -1.40. The van der Waals surface area contributed by atoms with E-state index in [2.05, 4.69) is 41.6 Å². The number of carbonyl (C=O) groups is 1. The van der Waals surface area contributed by atoms with Crippen LogP contribution in [0.3, 0.4) is 0 Å². The van der Waals surface area contributed by atoms with Crippen molar-refractivity contribution in [3.63, 3.8) is 0 Å². The zero-order valence-corrected chi connectivity index (χ0v) is 17.4. The highest BCUT2D eigenvalue weighted by Crippen LogP contribution is 2.41. The van der Waals surface area contributed by atoms with Crippen molar-refractivity contribution in [2.75, 3.05) is 11.0 Å². The maximum atomic E-state index is 13.6. The summed E-state index contributed by atoms with van der Waals surface area (Å²) in [5.41, 5.74) is 2.80. The first kappa shape index (κ1) is 19.4. The van der Waals surface area contributed by atoms with E-state index in [0.29, 0.717) is 6.54 Å². The van der Waals surface area contributed by atoms with Gasteiger partial charge in [-0.1, -0.05) is 83.6 Å². The Bertz CT molecular complexity index is 749. The molecular formula is C22H26INO2. The van der Waals surface area contributed by atoms with E-state index < -0.39 is 5.41 Å². The van der Waals surface area contributed by atoms with Crippen LogP contribution in [-0.2, 0) is 16.8 Å². The van der Waals surface area contributed by atoms with Crippen molar-refractivity contribution in [3.05, 3.63) is 71.3 Å². The minimum atomic E-state index is -0.525. The fourth-order valence-corrected chi connectivity index (χ4v) is 4.55. The van der Waals surface area contributed by atoms with Crippen LogP contribution < -0.4 is 0 Å². The van der Waals surface area contributed by atoms with Gasteiger partial charge in [-0.2, -0.15) is 0 Å². The molecule has 0 bridgehead atoms. The molecule has 1 aliphatic heterocycles. The van der Waals surface area contributed by atoms with Gasteiger partial charge in [0, 0.05) is 6.54 Å². The normalized spacial score (nSPS) is 20.7. The lowest BCUT2D eigenvalue weighted by Gasteiger charge is -2.44. The van der Waals surface area contributed by atoms with Gasteiger partial charge in [0.1, 0.15) is 0 Å². The van der Waals surface area contributed by atoms with Crippen molar-refractivity contribution < 1.29 is 9.90 Å². The second-order valence-electron chi connectivity index (χ2n) is 7.18. The zero-order valence-electron chi connectivity index (χ0n) is 15.2. The second kappa shape index (κ2) is 8.53. The van der Waals surface area contributed by atoms with E-state index in [1.54, 1.807) is 0 Å². The van der Waals surface area contributed by atoms with Crippen molar-refractivity contribution in [2.45, 2.75) is 44.2 Å². The number of carbonyl (C=O) groups excluding carboxylic acids is 1. The molecule has 0 fully saturated rings. The molecule has 3 rings (SSSR count). The molecule has 26 heavy (non-hydrogen) atoms. The van der Waals surface area contributed by atoms with Gasteiger partial charge in [0.15, 0.2) is 0 Å². The van der Waals surface area contributed by atoms with E-state index in [-0.39, 0.29) is 18.6 Å². The van der Waals surface area contributed by atoms with Crippen molar-refractivity contribution >= 4 is 28.5 Å². The maximum absolute atomic E-state index is 13.6. The standard InChI is InChI=1S/C22H26INO2/c1-22(13-7-8-14-23)19-12-6-5-11-18(19)15-24(21(22)26)20(16-25)17-9-3-2-4-10-17/h2-6,9-12,20,25H,7-8,13-16H2,1H3/t20-,22-/m0/s1. The van der Waals surface area contributed by atoms with Crippen molar-refractivity contribution in [3.8, 4) is 0 Å². The van der Waals surface area contributed by atoms with Gasteiger partial charge >= 0.3 is 0 Å². The molecule has 3 nitrogen and oxygen atoms in total. The molecule has 2 aromatic carbocycles. The molecule has 4 heteroatoms. The summed E-state index contributed by atoms with van der Waals surface area (Å²) in [6, 6.07) is 17.8. The predicted molar refractivity (Wildman–Crippen MR) is 113 cm³/mol. The van der Waals surface area contributed by atoms with Crippen LogP contribution in [0.5, 0.6) is 0 Å². The SMILES string of the molecule is C[C@@]1(CCCCI)C(=O)N([C@@H](CO)c2ccccc2)Cc2ccccc21. The molecule has 0 spiro atoms. The van der Waals surface area contributed by atoms with Crippen LogP contribution in [0.2, 0.25) is 0 Å². The topological polar surface area (TPSA) is 40.5 Å². The predicted octanol–water partition coefficient (Wildman–Crippen LogP) is 4.63. The summed E-state index contributed by atoms with van der Waals surface area (Å²) in [5.74, 6) is 0.132. The van der Waals surface area contributed by atoms with Crippen LogP contribution >= 0.6 is 22.6 Å². The Kier molecular flexibility index (Phi) is 6.35. The van der Waals surface area contributed by atoms with Crippen LogP contribution in [0.4, 0.5) is 0 Å². The van der Waals surface area contributed by atoms with Gasteiger partial charge in [-0.05, 0) is 40.9 Å². The molecular weight excluding hydrogens is 437 g/mol. The molecule has 0 aliphatic carbocycles. The molecule has 138 valence electrons. The molecule has 1 heterocycles. The van der Waals surface area contributed by atoms with E-state index in [4.69, 9.17) is 0 Å². The highest BCUT2D eigenvalue weighted by atomic mass is 127. The first-order valence-corrected chi connectivity index (χ1v) is 10.8. The lowest BCUT2D eigenvalue weighted by molar-refractivity contribution is -0.143. The van der Waals surface area contributed by atoms with E-state index in [1.807, 2.05) is 47.4 Å². The minimum Gasteiger partial charge on any atom is -0.394 e. The minimum absolute atomic E-state index is 0.0677. The number of nitrogens with zero attached hydrogens (tertiary/aromatic N) is 1. The molecule has 2 atom stereocenters. The van der Waals surface area contributed by atoms with Gasteiger partial charge in [0.05, 0.1) is 18.1 Å². The quantitative estimate of drug-likeness (QED) is 0.370. The third-order valence-electron chi connectivity index (χ3n) is 5.48. The fourth-order valence-electron chi connectivity index (χ4n) is 4.01. The van der Waals surface area contributed by atoms with Gasteiger partial charge in [0.2, 0.25) is 5.91 Å². The lowest BCUT2D eigenvalue weighted by Crippen LogP contribution is -2.51. The Morgan fingerprint density at radius 1 is 1.12 bits per heavy atom. The van der Waals surface area contributed by atoms with E-state index in [9.17, 15) is 9.90 Å². The number of hydrogen-bond acceptors (Lipinski definition) is 2. The van der Waals surface area contributed by atoms with E-state index in [1.165, 1.54) is 5.56 Å². The second-order valence-corrected chi connectivity index (χ2v) is 8.26. The van der Waals surface area contributed by atoms with Crippen molar-refractivity contribution in [1.82, 2.24) is 4.90 Å². The number of aliphatic hydroxyl groups is 1. The van der Waals surface area contributed by atoms with E-state index in [0.717, 1.165) is 34.8 Å². The summed E-state index contributed by atoms with van der Waals surface area (Å²) in [6.07, 6.45) is 2.99. The molecule has 0 aromatic heterocycles. The van der Waals surface area contributed by atoms with Crippen molar-refractivity contribution in [1.29, 1.82) is 0 Å². The summed E-state index contributed by atoms with van der Waals surface area (Å²) in [6.45, 7) is 2.56. The average molecular weight is 463 g/mol. The Morgan fingerprint density at radius 2 is 1.81 bits per heavy atom. The van der Waals surface area contributed by atoms with Gasteiger partial charge in [-0.3, -0.25) is 4.79 Å². The van der Waals surface area contributed by atoms with Crippen LogP contribution in [0.25, 0.3) is 0 Å². The Labute approximate surface area is 169 Å². The number of amides is 1. The molecule has 0 saturated carbocycles. The highest BCUT2D eigenvalue weighted by Gasteiger charge is 2.45. The summed E-state index contributed by atoms with van der Waals surface area (Å²) in [7, 11) is 0. The van der Waals surface area contributed by atoms with Crippen molar-refractivity contribution in [2.24, 2.45) is 0 Å². The summed E-state index contributed by atoms with van der Waals surface area (Å²) < 4.78 is 1.11. The molecule has 2 aromatic rings. The molecule has 1 N–H and O–H groups in total. The van der Waals surface area contributed by atoms with Crippen LogP contribution in [0.1, 0.15) is 48.9 Å². The first-order valence-electron chi connectivity index (χ1n) is 9.23. The first-order chi connectivity index (χ1) is 12.6. The smallest absolute Gasteiger partial charge is 0.233 e. The Morgan fingerprint density at radius 3 is 2.50 bits per heavy atom. The largest absolute Gasteiger partial charge is 0.394 e. The van der Waals surface area contributed by atoms with Gasteiger partial charge in [-0.25, -0.2) is 0 Å². The monoisotopic (exact) mass is 463 g/mol. The van der Waals surface area contributed by atoms with Crippen LogP contribution in [0.15, 0.2) is 54.6 Å². The zero-order chi connectivity index (χ0) is 18.6. The molecule has 1 aliphatic rings. The van der Waals surface area contributed by atoms with Gasteiger partial charge in [0.25, 0.3) is 0 Å². The lowest BCUT2D eigenvalue weighted by atomic mass is 9.72. The van der Waals surface area contributed by atoms with Crippen LogP contribution in [0, 0.1) is 0 Å². The van der Waals surface area contributed by atoms with Gasteiger partial charge < -0.3 is 10.0 Å². The molecule has 0 saturated heterocycles. The summed E-state index contributed by atoms with van der Waals surface area (Å²) >= 11 is 2.39. The number of alkyl halides is 1. The highest BCUT2D eigenvalue weighted by molar-refractivity contribution is 14.1. The molecule has 1 amide bonds. The van der Waals surface area contributed by atoms with E-state index >= 15 is 0 Å². The molecule has 0 radical (unpaired) electrons. The number of aliphatic hydroxyl groups excluding tert-OH is 1. The van der Waals surface area contributed by atoms with Gasteiger partial charge in [-0.15, -0.1) is 0 Å². The summed E-state index contributed by atoms with van der Waals surface area (Å²) in [5, 5.41) is 10.1. The Balaban J connectivity index is 1.99. The fraction of sp³-hybridized carbons (Fsp3) is 0.409. The summed E-state index contributed by atoms with van der Waals surface area (Å²) in [4.78, 5) is 15.5. The number of fused-ring (bicyclic) bond motifs is 1. The maximum Gasteiger partial charge on any atom is 0.233 e.